The molecule has 1 aromatic heterocycles. The monoisotopic (exact) mass is 357 g/mol. The number of hydrogen-bond donors (Lipinski definition) is 1. The van der Waals surface area contributed by atoms with Crippen molar-refractivity contribution in [2.45, 2.75) is 13.5 Å². The maximum atomic E-state index is 12.4. The van der Waals surface area contributed by atoms with E-state index >= 15 is 0 Å². The van der Waals surface area contributed by atoms with Gasteiger partial charge < -0.3 is 15.1 Å². The van der Waals surface area contributed by atoms with Crippen LogP contribution in [0.4, 0.5) is 0 Å². The fourth-order valence-corrected chi connectivity index (χ4v) is 3.03. The fourth-order valence-electron chi connectivity index (χ4n) is 3.03. The number of likely N-dealkylation sites (N-methyl/N-ethyl adjacent to an activating group) is 1. The normalized spacial score (nSPS) is 15.2. The van der Waals surface area contributed by atoms with Crippen molar-refractivity contribution in [3.63, 3.8) is 0 Å². The summed E-state index contributed by atoms with van der Waals surface area (Å²) >= 11 is 0. The van der Waals surface area contributed by atoms with E-state index in [1.165, 1.54) is 10.9 Å². The van der Waals surface area contributed by atoms with Crippen molar-refractivity contribution in [1.29, 1.82) is 0 Å². The minimum Gasteiger partial charge on any atom is -0.345 e. The van der Waals surface area contributed by atoms with Gasteiger partial charge >= 0.3 is 0 Å². The lowest BCUT2D eigenvalue weighted by Gasteiger charge is -2.34. The van der Waals surface area contributed by atoms with Crippen molar-refractivity contribution in [3.05, 3.63) is 40.9 Å². The van der Waals surface area contributed by atoms with E-state index in [9.17, 15) is 14.4 Å². The van der Waals surface area contributed by atoms with Gasteiger partial charge in [-0.1, -0.05) is 19.1 Å². The number of aromatic nitrogens is 2. The minimum atomic E-state index is -0.385. The quantitative estimate of drug-likeness (QED) is 0.792. The molecular formula is C18H23N5O3. The highest BCUT2D eigenvalue weighted by molar-refractivity contribution is 5.85. The first-order valence-corrected chi connectivity index (χ1v) is 8.79. The van der Waals surface area contributed by atoms with Crippen LogP contribution in [-0.4, -0.2) is 70.4 Å². The van der Waals surface area contributed by atoms with Crippen LogP contribution < -0.4 is 10.9 Å². The number of amides is 2. The van der Waals surface area contributed by atoms with Crippen molar-refractivity contribution in [1.82, 2.24) is 24.7 Å². The predicted molar refractivity (Wildman–Crippen MR) is 97.7 cm³/mol. The number of hydrogen-bond acceptors (Lipinski definition) is 5. The van der Waals surface area contributed by atoms with Gasteiger partial charge in [0.2, 0.25) is 11.8 Å². The molecule has 0 atom stereocenters. The van der Waals surface area contributed by atoms with Gasteiger partial charge in [-0.05, 0) is 18.7 Å². The molecule has 0 bridgehead atoms. The van der Waals surface area contributed by atoms with Crippen molar-refractivity contribution in [2.24, 2.45) is 0 Å². The van der Waals surface area contributed by atoms with Crippen LogP contribution in [0.2, 0.25) is 0 Å². The van der Waals surface area contributed by atoms with E-state index in [0.717, 1.165) is 19.6 Å². The molecule has 0 spiro atoms. The van der Waals surface area contributed by atoms with Gasteiger partial charge in [-0.2, -0.15) is 0 Å². The standard InChI is InChI=1S/C18H23N5O3/c1-2-21-7-9-22(10-8-21)17(25)11-19-16(24)12-23-13-20-15-6-4-3-5-14(15)18(23)26/h3-6,13H,2,7-12H2,1H3,(H,19,24). The molecule has 8 nitrogen and oxygen atoms in total. The molecule has 2 amide bonds. The van der Waals surface area contributed by atoms with Crippen molar-refractivity contribution < 1.29 is 9.59 Å². The third-order valence-corrected chi connectivity index (χ3v) is 4.65. The topological polar surface area (TPSA) is 87.5 Å². The van der Waals surface area contributed by atoms with Gasteiger partial charge in [-0.3, -0.25) is 19.0 Å². The Morgan fingerprint density at radius 3 is 2.62 bits per heavy atom. The summed E-state index contributed by atoms with van der Waals surface area (Å²) < 4.78 is 1.25. The van der Waals surface area contributed by atoms with E-state index < -0.39 is 0 Å². The molecule has 0 saturated carbocycles. The molecule has 1 saturated heterocycles. The largest absolute Gasteiger partial charge is 0.345 e. The van der Waals surface area contributed by atoms with E-state index in [4.69, 9.17) is 0 Å². The van der Waals surface area contributed by atoms with Gasteiger partial charge in [0.15, 0.2) is 0 Å². The van der Waals surface area contributed by atoms with Crippen LogP contribution in [0.5, 0.6) is 0 Å². The Hall–Kier alpha value is -2.74. The van der Waals surface area contributed by atoms with Gasteiger partial charge in [0.25, 0.3) is 5.56 Å². The van der Waals surface area contributed by atoms with E-state index in [-0.39, 0.29) is 30.5 Å². The highest BCUT2D eigenvalue weighted by Gasteiger charge is 2.20. The molecule has 1 aliphatic rings. The number of fused-ring (bicyclic) bond motifs is 1. The smallest absolute Gasteiger partial charge is 0.261 e. The molecule has 26 heavy (non-hydrogen) atoms. The van der Waals surface area contributed by atoms with Crippen LogP contribution in [0.1, 0.15) is 6.92 Å². The number of rotatable bonds is 5. The van der Waals surface area contributed by atoms with E-state index in [1.807, 2.05) is 0 Å². The molecule has 1 N–H and O–H groups in total. The third kappa shape index (κ3) is 4.08. The molecule has 138 valence electrons. The van der Waals surface area contributed by atoms with Crippen molar-refractivity contribution >= 4 is 22.7 Å². The second kappa shape index (κ2) is 8.09. The number of benzene rings is 1. The number of carbonyl (C=O) groups excluding carboxylic acids is 2. The van der Waals surface area contributed by atoms with Gasteiger partial charge in [0, 0.05) is 26.2 Å². The summed E-state index contributed by atoms with van der Waals surface area (Å²) in [5.74, 6) is -0.484. The third-order valence-electron chi connectivity index (χ3n) is 4.65. The number of nitrogens with zero attached hydrogens (tertiary/aromatic N) is 4. The summed E-state index contributed by atoms with van der Waals surface area (Å²) in [6.45, 7) is 5.93. The lowest BCUT2D eigenvalue weighted by Crippen LogP contribution is -2.51. The molecule has 8 heteroatoms. The molecule has 0 radical (unpaired) electrons. The Balaban J connectivity index is 1.54. The van der Waals surface area contributed by atoms with Crippen LogP contribution >= 0.6 is 0 Å². The summed E-state index contributed by atoms with van der Waals surface area (Å²) in [5, 5.41) is 3.06. The number of piperazine rings is 1. The Morgan fingerprint density at radius 1 is 1.15 bits per heavy atom. The predicted octanol–water partition coefficient (Wildman–Crippen LogP) is -0.323. The highest BCUT2D eigenvalue weighted by atomic mass is 16.2. The summed E-state index contributed by atoms with van der Waals surface area (Å²) in [6.07, 6.45) is 1.36. The summed E-state index contributed by atoms with van der Waals surface area (Å²) in [6, 6.07) is 6.99. The molecule has 3 rings (SSSR count). The van der Waals surface area contributed by atoms with E-state index in [1.54, 1.807) is 29.2 Å². The van der Waals surface area contributed by atoms with Crippen molar-refractivity contribution in [3.8, 4) is 0 Å². The number of carbonyl (C=O) groups is 2. The van der Waals surface area contributed by atoms with Crippen LogP contribution in [0.3, 0.4) is 0 Å². The van der Waals surface area contributed by atoms with Crippen LogP contribution in [0.25, 0.3) is 10.9 Å². The Labute approximate surface area is 151 Å². The summed E-state index contributed by atoms with van der Waals surface area (Å²) in [4.78, 5) is 44.9. The van der Waals surface area contributed by atoms with Gasteiger partial charge in [-0.25, -0.2) is 4.98 Å². The summed E-state index contributed by atoms with van der Waals surface area (Å²) in [7, 11) is 0. The lowest BCUT2D eigenvalue weighted by molar-refractivity contribution is -0.134. The second-order valence-electron chi connectivity index (χ2n) is 6.29. The van der Waals surface area contributed by atoms with Gasteiger partial charge in [-0.15, -0.1) is 0 Å². The molecular weight excluding hydrogens is 334 g/mol. The van der Waals surface area contributed by atoms with Crippen LogP contribution in [-0.2, 0) is 16.1 Å². The molecule has 1 aromatic carbocycles. The zero-order chi connectivity index (χ0) is 18.5. The first-order valence-electron chi connectivity index (χ1n) is 8.79. The Morgan fingerprint density at radius 2 is 1.88 bits per heavy atom. The molecule has 1 aliphatic heterocycles. The van der Waals surface area contributed by atoms with Gasteiger partial charge in [0.1, 0.15) is 6.54 Å². The highest BCUT2D eigenvalue weighted by Crippen LogP contribution is 2.04. The van der Waals surface area contributed by atoms with Gasteiger partial charge in [0.05, 0.1) is 23.8 Å². The molecule has 2 heterocycles. The average Bonchev–Trinajstić information content (AvgIpc) is 2.68. The fraction of sp³-hybridized carbons (Fsp3) is 0.444. The first kappa shape index (κ1) is 18.1. The Bertz CT molecular complexity index is 855. The van der Waals surface area contributed by atoms with E-state index in [2.05, 4.69) is 22.1 Å². The molecule has 0 unspecified atom stereocenters. The minimum absolute atomic E-state index is 0.0548. The zero-order valence-electron chi connectivity index (χ0n) is 14.9. The maximum absolute atomic E-state index is 12.4. The maximum Gasteiger partial charge on any atom is 0.261 e. The second-order valence-corrected chi connectivity index (χ2v) is 6.29. The number of para-hydroxylation sites is 1. The summed E-state index contributed by atoms with van der Waals surface area (Å²) in [5.41, 5.74) is 0.323. The van der Waals surface area contributed by atoms with E-state index in [0.29, 0.717) is 24.0 Å². The SMILES string of the molecule is CCN1CCN(C(=O)CNC(=O)Cn2cnc3ccccc3c2=O)CC1. The molecule has 0 aliphatic carbocycles. The van der Waals surface area contributed by atoms with Crippen LogP contribution in [0, 0.1) is 0 Å². The van der Waals surface area contributed by atoms with Crippen molar-refractivity contribution in [2.75, 3.05) is 39.3 Å². The molecule has 1 fully saturated rings. The number of nitrogens with one attached hydrogen (secondary N) is 1. The first-order chi connectivity index (χ1) is 12.6. The lowest BCUT2D eigenvalue weighted by atomic mass is 10.2. The Kier molecular flexibility index (Phi) is 5.62. The average molecular weight is 357 g/mol. The zero-order valence-corrected chi connectivity index (χ0v) is 14.9. The van der Waals surface area contributed by atoms with Crippen LogP contribution in [0.15, 0.2) is 35.4 Å². The molecule has 2 aromatic rings.